The third kappa shape index (κ3) is 4.41. The fraction of sp³-hybridized carbons (Fsp3) is 0.176. The van der Waals surface area contributed by atoms with Gasteiger partial charge in [0.05, 0.1) is 0 Å². The second-order valence-electron chi connectivity index (χ2n) is 5.03. The number of benzene rings is 2. The van der Waals surface area contributed by atoms with Crippen molar-refractivity contribution < 1.29 is 14.0 Å². The maximum atomic E-state index is 12.8. The molecule has 0 aliphatic heterocycles. The Morgan fingerprint density at radius 3 is 2.27 bits per heavy atom. The first-order valence-corrected chi connectivity index (χ1v) is 6.96. The first-order valence-electron chi connectivity index (χ1n) is 6.96. The second kappa shape index (κ2) is 7.36. The molecule has 0 radical (unpaired) electrons. The quantitative estimate of drug-likeness (QED) is 0.853. The van der Waals surface area contributed by atoms with Crippen LogP contribution in [-0.2, 0) is 4.79 Å². The van der Waals surface area contributed by atoms with E-state index in [1.54, 1.807) is 0 Å². The third-order valence-electron chi connectivity index (χ3n) is 3.28. The van der Waals surface area contributed by atoms with Crippen LogP contribution in [0.1, 0.15) is 35.2 Å². The fourth-order valence-corrected chi connectivity index (χ4v) is 2.03. The summed E-state index contributed by atoms with van der Waals surface area (Å²) >= 11 is 0. The molecule has 0 spiro atoms. The smallest absolute Gasteiger partial charge is 0.269 e. The van der Waals surface area contributed by atoms with Crippen LogP contribution in [0.2, 0.25) is 0 Å². The molecule has 0 unspecified atom stereocenters. The van der Waals surface area contributed by atoms with Gasteiger partial charge in [0, 0.05) is 12.0 Å². The van der Waals surface area contributed by atoms with Gasteiger partial charge in [-0.05, 0) is 35.7 Å². The van der Waals surface area contributed by atoms with Gasteiger partial charge in [0.2, 0.25) is 5.91 Å². The highest BCUT2D eigenvalue weighted by Crippen LogP contribution is 2.17. The van der Waals surface area contributed by atoms with Gasteiger partial charge in [-0.3, -0.25) is 20.4 Å². The van der Waals surface area contributed by atoms with Crippen LogP contribution < -0.4 is 10.9 Å². The number of halogens is 1. The van der Waals surface area contributed by atoms with Crippen molar-refractivity contribution in [2.45, 2.75) is 19.3 Å². The monoisotopic (exact) mass is 300 g/mol. The van der Waals surface area contributed by atoms with Crippen molar-refractivity contribution in [3.8, 4) is 0 Å². The van der Waals surface area contributed by atoms with Crippen molar-refractivity contribution in [1.82, 2.24) is 10.9 Å². The summed E-state index contributed by atoms with van der Waals surface area (Å²) in [7, 11) is 0. The van der Waals surface area contributed by atoms with Crippen LogP contribution in [-0.4, -0.2) is 11.8 Å². The van der Waals surface area contributed by atoms with Gasteiger partial charge in [0.15, 0.2) is 0 Å². The standard InChI is InChI=1S/C17H17FN2O2/c1-12(13-5-3-2-4-6-13)11-16(21)19-20-17(22)14-7-9-15(18)10-8-14/h2-10,12H,11H2,1H3,(H,19,21)(H,20,22)/t12-/m1/s1. The fourth-order valence-electron chi connectivity index (χ4n) is 2.03. The highest BCUT2D eigenvalue weighted by atomic mass is 19.1. The molecular weight excluding hydrogens is 283 g/mol. The summed E-state index contributed by atoms with van der Waals surface area (Å²) in [5.74, 6) is -1.14. The number of hydrogen-bond donors (Lipinski definition) is 2. The summed E-state index contributed by atoms with van der Waals surface area (Å²) in [6.07, 6.45) is 0.258. The van der Waals surface area contributed by atoms with Crippen molar-refractivity contribution in [2.75, 3.05) is 0 Å². The van der Waals surface area contributed by atoms with E-state index >= 15 is 0 Å². The van der Waals surface area contributed by atoms with Crippen LogP contribution in [0.15, 0.2) is 54.6 Å². The van der Waals surface area contributed by atoms with Gasteiger partial charge in [-0.1, -0.05) is 37.3 Å². The van der Waals surface area contributed by atoms with Gasteiger partial charge in [-0.15, -0.1) is 0 Å². The zero-order valence-corrected chi connectivity index (χ0v) is 12.2. The zero-order chi connectivity index (χ0) is 15.9. The summed E-state index contributed by atoms with van der Waals surface area (Å²) in [6, 6.07) is 14.7. The van der Waals surface area contributed by atoms with E-state index in [-0.39, 0.29) is 23.8 Å². The molecule has 0 saturated heterocycles. The lowest BCUT2D eigenvalue weighted by Crippen LogP contribution is -2.41. The lowest BCUT2D eigenvalue weighted by Gasteiger charge is -2.12. The van der Waals surface area contributed by atoms with Crippen LogP contribution >= 0.6 is 0 Å². The van der Waals surface area contributed by atoms with E-state index in [1.165, 1.54) is 24.3 Å². The molecule has 2 amide bonds. The molecule has 22 heavy (non-hydrogen) atoms. The number of amides is 2. The van der Waals surface area contributed by atoms with Crippen LogP contribution in [0.4, 0.5) is 4.39 Å². The maximum Gasteiger partial charge on any atom is 0.269 e. The Balaban J connectivity index is 1.82. The molecule has 0 fully saturated rings. The van der Waals surface area contributed by atoms with Crippen molar-refractivity contribution in [2.24, 2.45) is 0 Å². The van der Waals surface area contributed by atoms with Gasteiger partial charge in [-0.2, -0.15) is 0 Å². The second-order valence-corrected chi connectivity index (χ2v) is 5.03. The minimum absolute atomic E-state index is 0.0453. The van der Waals surface area contributed by atoms with E-state index in [2.05, 4.69) is 10.9 Å². The molecule has 114 valence electrons. The number of carbonyl (C=O) groups is 2. The number of hydrogen-bond acceptors (Lipinski definition) is 2. The summed E-state index contributed by atoms with van der Waals surface area (Å²) in [5, 5.41) is 0. The lowest BCUT2D eigenvalue weighted by atomic mass is 9.98. The SMILES string of the molecule is C[C@H](CC(=O)NNC(=O)c1ccc(F)cc1)c1ccccc1. The van der Waals surface area contributed by atoms with Crippen LogP contribution in [0.5, 0.6) is 0 Å². The molecule has 0 aliphatic rings. The molecule has 1 atom stereocenters. The molecule has 2 aromatic carbocycles. The molecule has 2 rings (SSSR count). The minimum Gasteiger partial charge on any atom is -0.273 e. The molecular formula is C17H17FN2O2. The average Bonchev–Trinajstić information content (AvgIpc) is 2.54. The predicted octanol–water partition coefficient (Wildman–Crippen LogP) is 2.78. The summed E-state index contributed by atoms with van der Waals surface area (Å²) in [4.78, 5) is 23.6. The Morgan fingerprint density at radius 2 is 1.64 bits per heavy atom. The van der Waals surface area contributed by atoms with Gasteiger partial charge < -0.3 is 0 Å². The van der Waals surface area contributed by atoms with Gasteiger partial charge >= 0.3 is 0 Å². The average molecular weight is 300 g/mol. The molecule has 2 aromatic rings. The lowest BCUT2D eigenvalue weighted by molar-refractivity contribution is -0.122. The molecule has 0 bridgehead atoms. The Hall–Kier alpha value is -2.69. The number of rotatable bonds is 4. The van der Waals surface area contributed by atoms with Gasteiger partial charge in [0.1, 0.15) is 5.82 Å². The van der Waals surface area contributed by atoms with Crippen molar-refractivity contribution in [1.29, 1.82) is 0 Å². The Morgan fingerprint density at radius 1 is 1.00 bits per heavy atom. The molecule has 2 N–H and O–H groups in total. The first-order chi connectivity index (χ1) is 10.6. The number of nitrogens with one attached hydrogen (secondary N) is 2. The maximum absolute atomic E-state index is 12.8. The normalized spacial score (nSPS) is 11.5. The minimum atomic E-state index is -0.485. The summed E-state index contributed by atoms with van der Waals surface area (Å²) < 4.78 is 12.8. The first kappa shape index (κ1) is 15.7. The summed E-state index contributed by atoms with van der Waals surface area (Å²) in [6.45, 7) is 1.94. The molecule has 0 heterocycles. The third-order valence-corrected chi connectivity index (χ3v) is 3.28. The van der Waals surface area contributed by atoms with E-state index in [0.717, 1.165) is 5.56 Å². The van der Waals surface area contributed by atoms with Crippen LogP contribution in [0.3, 0.4) is 0 Å². The van der Waals surface area contributed by atoms with Crippen molar-refractivity contribution in [3.63, 3.8) is 0 Å². The molecule has 0 aliphatic carbocycles. The highest BCUT2D eigenvalue weighted by Gasteiger charge is 2.12. The predicted molar refractivity (Wildman–Crippen MR) is 81.5 cm³/mol. The van der Waals surface area contributed by atoms with E-state index in [9.17, 15) is 14.0 Å². The molecule has 0 saturated carbocycles. The van der Waals surface area contributed by atoms with E-state index in [0.29, 0.717) is 0 Å². The Labute approximate surface area is 128 Å². The molecule has 4 nitrogen and oxygen atoms in total. The molecule has 5 heteroatoms. The van der Waals surface area contributed by atoms with Gasteiger partial charge in [-0.25, -0.2) is 4.39 Å². The highest BCUT2D eigenvalue weighted by molar-refractivity contribution is 5.95. The van der Waals surface area contributed by atoms with E-state index < -0.39 is 11.7 Å². The number of carbonyl (C=O) groups excluding carboxylic acids is 2. The Kier molecular flexibility index (Phi) is 5.25. The van der Waals surface area contributed by atoms with Crippen LogP contribution in [0.25, 0.3) is 0 Å². The molecule has 0 aromatic heterocycles. The van der Waals surface area contributed by atoms with Crippen molar-refractivity contribution >= 4 is 11.8 Å². The van der Waals surface area contributed by atoms with Crippen LogP contribution in [0, 0.1) is 5.82 Å². The van der Waals surface area contributed by atoms with E-state index in [4.69, 9.17) is 0 Å². The zero-order valence-electron chi connectivity index (χ0n) is 12.2. The van der Waals surface area contributed by atoms with Gasteiger partial charge in [0.25, 0.3) is 5.91 Å². The van der Waals surface area contributed by atoms with Crippen molar-refractivity contribution in [3.05, 3.63) is 71.5 Å². The topological polar surface area (TPSA) is 58.2 Å². The number of hydrazine groups is 1. The van der Waals surface area contributed by atoms with E-state index in [1.807, 2.05) is 37.3 Å². The summed E-state index contributed by atoms with van der Waals surface area (Å²) in [5.41, 5.74) is 6.01. The Bertz CT molecular complexity index is 641. The largest absolute Gasteiger partial charge is 0.273 e.